The van der Waals surface area contributed by atoms with Gasteiger partial charge in [0.15, 0.2) is 0 Å². The highest BCUT2D eigenvalue weighted by Crippen LogP contribution is 2.37. The first-order chi connectivity index (χ1) is 14.9. The molecule has 0 radical (unpaired) electrons. The highest BCUT2D eigenvalue weighted by molar-refractivity contribution is 6.45. The van der Waals surface area contributed by atoms with Gasteiger partial charge in [0.2, 0.25) is 0 Å². The summed E-state index contributed by atoms with van der Waals surface area (Å²) < 4.78 is 5.27. The van der Waals surface area contributed by atoms with Crippen LogP contribution >= 0.6 is 0 Å². The number of amides is 2. The first kappa shape index (κ1) is 21.2. The van der Waals surface area contributed by atoms with Gasteiger partial charge in [-0.2, -0.15) is 0 Å². The van der Waals surface area contributed by atoms with Gasteiger partial charge in [-0.05, 0) is 60.1 Å². The van der Waals surface area contributed by atoms with Crippen LogP contribution in [-0.4, -0.2) is 36.9 Å². The Morgan fingerprint density at radius 2 is 1.65 bits per heavy atom. The van der Waals surface area contributed by atoms with Crippen LogP contribution in [0.1, 0.15) is 50.7 Å². The van der Waals surface area contributed by atoms with E-state index in [4.69, 9.17) is 4.74 Å². The number of piperidine rings is 1. The van der Waals surface area contributed by atoms with Crippen molar-refractivity contribution in [3.8, 4) is 5.75 Å². The van der Waals surface area contributed by atoms with Crippen molar-refractivity contribution in [3.05, 3.63) is 65.4 Å². The standard InChI is InChI=1S/C26H30N2O3/c1-17(2)19-7-11-21(12-8-19)28-25(29)23(20-9-13-22(31-4)14-10-20)24(26(28)30)27-15-5-6-18(3)16-27/h7-14,17-18H,5-6,15-16H2,1-4H3. The summed E-state index contributed by atoms with van der Waals surface area (Å²) >= 11 is 0. The smallest absolute Gasteiger partial charge is 0.282 e. The molecule has 2 aromatic rings. The molecule has 162 valence electrons. The third kappa shape index (κ3) is 3.97. The van der Waals surface area contributed by atoms with Gasteiger partial charge in [0.05, 0.1) is 18.4 Å². The molecule has 0 spiro atoms. The van der Waals surface area contributed by atoms with Crippen molar-refractivity contribution in [1.29, 1.82) is 0 Å². The molecule has 5 heteroatoms. The van der Waals surface area contributed by atoms with Crippen LogP contribution in [-0.2, 0) is 9.59 Å². The van der Waals surface area contributed by atoms with Crippen molar-refractivity contribution in [2.75, 3.05) is 25.1 Å². The minimum absolute atomic E-state index is 0.234. The van der Waals surface area contributed by atoms with Crippen molar-refractivity contribution in [3.63, 3.8) is 0 Å². The lowest BCUT2D eigenvalue weighted by atomic mass is 9.98. The molecule has 5 nitrogen and oxygen atoms in total. The Kier molecular flexibility index (Phi) is 5.86. The summed E-state index contributed by atoms with van der Waals surface area (Å²) in [6.07, 6.45) is 2.16. The lowest BCUT2D eigenvalue weighted by Crippen LogP contribution is -2.39. The second-order valence-corrected chi connectivity index (χ2v) is 8.84. The van der Waals surface area contributed by atoms with E-state index in [1.54, 1.807) is 7.11 Å². The summed E-state index contributed by atoms with van der Waals surface area (Å²) in [5, 5.41) is 0. The second kappa shape index (κ2) is 8.58. The molecular weight excluding hydrogens is 388 g/mol. The van der Waals surface area contributed by atoms with Gasteiger partial charge < -0.3 is 9.64 Å². The zero-order valence-electron chi connectivity index (χ0n) is 18.7. The minimum Gasteiger partial charge on any atom is -0.497 e. The number of hydrogen-bond acceptors (Lipinski definition) is 4. The van der Waals surface area contributed by atoms with Gasteiger partial charge in [-0.3, -0.25) is 9.59 Å². The molecular formula is C26H30N2O3. The molecule has 0 bridgehead atoms. The summed E-state index contributed by atoms with van der Waals surface area (Å²) in [6, 6.07) is 15.1. The molecule has 1 saturated heterocycles. The summed E-state index contributed by atoms with van der Waals surface area (Å²) in [7, 11) is 1.61. The van der Waals surface area contributed by atoms with E-state index in [2.05, 4.69) is 25.7 Å². The molecule has 2 aliphatic heterocycles. The Labute approximate surface area is 184 Å². The molecule has 4 rings (SSSR count). The number of methoxy groups -OCH3 is 1. The molecule has 0 aromatic heterocycles. The topological polar surface area (TPSA) is 49.9 Å². The molecule has 2 heterocycles. The Morgan fingerprint density at radius 1 is 0.968 bits per heavy atom. The van der Waals surface area contributed by atoms with E-state index < -0.39 is 0 Å². The van der Waals surface area contributed by atoms with Crippen molar-refractivity contribution in [1.82, 2.24) is 4.90 Å². The average molecular weight is 419 g/mol. The van der Waals surface area contributed by atoms with Crippen LogP contribution < -0.4 is 9.64 Å². The van der Waals surface area contributed by atoms with E-state index in [1.165, 1.54) is 10.5 Å². The molecule has 0 saturated carbocycles. The predicted molar refractivity (Wildman–Crippen MR) is 123 cm³/mol. The fraction of sp³-hybridized carbons (Fsp3) is 0.385. The van der Waals surface area contributed by atoms with Gasteiger partial charge in [0.25, 0.3) is 11.8 Å². The van der Waals surface area contributed by atoms with E-state index in [0.29, 0.717) is 28.8 Å². The maximum Gasteiger partial charge on any atom is 0.282 e. The summed E-state index contributed by atoms with van der Waals surface area (Å²) in [5.74, 6) is 1.09. The monoisotopic (exact) mass is 418 g/mol. The van der Waals surface area contributed by atoms with Gasteiger partial charge in [-0.25, -0.2) is 4.90 Å². The van der Waals surface area contributed by atoms with Crippen LogP contribution in [0.5, 0.6) is 5.75 Å². The van der Waals surface area contributed by atoms with E-state index in [0.717, 1.165) is 37.2 Å². The Hall–Kier alpha value is -3.08. The Bertz CT molecular complexity index is 1010. The van der Waals surface area contributed by atoms with E-state index in [-0.39, 0.29) is 11.8 Å². The summed E-state index contributed by atoms with van der Waals surface area (Å²) in [4.78, 5) is 30.7. The quantitative estimate of drug-likeness (QED) is 0.653. The number of carbonyl (C=O) groups is 2. The van der Waals surface area contributed by atoms with E-state index >= 15 is 0 Å². The number of anilines is 1. The third-order valence-corrected chi connectivity index (χ3v) is 6.23. The SMILES string of the molecule is COc1ccc(C2=C(N3CCCC(C)C3)C(=O)N(c3ccc(C(C)C)cc3)C2=O)cc1. The van der Waals surface area contributed by atoms with Gasteiger partial charge >= 0.3 is 0 Å². The third-order valence-electron chi connectivity index (χ3n) is 6.23. The van der Waals surface area contributed by atoms with Crippen molar-refractivity contribution >= 4 is 23.1 Å². The van der Waals surface area contributed by atoms with E-state index in [9.17, 15) is 9.59 Å². The second-order valence-electron chi connectivity index (χ2n) is 8.84. The van der Waals surface area contributed by atoms with Gasteiger partial charge in [-0.15, -0.1) is 0 Å². The number of hydrogen-bond donors (Lipinski definition) is 0. The first-order valence-corrected chi connectivity index (χ1v) is 11.0. The fourth-order valence-corrected chi connectivity index (χ4v) is 4.46. The largest absolute Gasteiger partial charge is 0.497 e. The van der Waals surface area contributed by atoms with Crippen LogP contribution in [0.2, 0.25) is 0 Å². The average Bonchev–Trinajstić information content (AvgIpc) is 3.04. The highest BCUT2D eigenvalue weighted by Gasteiger charge is 2.43. The molecule has 2 aromatic carbocycles. The molecule has 2 aliphatic rings. The zero-order chi connectivity index (χ0) is 22.1. The Morgan fingerprint density at radius 3 is 2.23 bits per heavy atom. The summed E-state index contributed by atoms with van der Waals surface area (Å²) in [5.41, 5.74) is 3.54. The lowest BCUT2D eigenvalue weighted by molar-refractivity contribution is -0.120. The highest BCUT2D eigenvalue weighted by atomic mass is 16.5. The number of carbonyl (C=O) groups excluding carboxylic acids is 2. The number of ether oxygens (including phenoxy) is 1. The molecule has 2 amide bonds. The number of likely N-dealkylation sites (tertiary alicyclic amines) is 1. The van der Waals surface area contributed by atoms with Gasteiger partial charge in [0.1, 0.15) is 11.4 Å². The van der Waals surface area contributed by atoms with Crippen molar-refractivity contribution < 1.29 is 14.3 Å². The fourth-order valence-electron chi connectivity index (χ4n) is 4.46. The number of nitrogens with zero attached hydrogens (tertiary/aromatic N) is 2. The normalized spacial score (nSPS) is 19.6. The molecule has 0 aliphatic carbocycles. The number of imide groups is 1. The van der Waals surface area contributed by atoms with Crippen LogP contribution in [0.25, 0.3) is 5.57 Å². The first-order valence-electron chi connectivity index (χ1n) is 11.0. The molecule has 1 unspecified atom stereocenters. The maximum absolute atomic E-state index is 13.6. The zero-order valence-corrected chi connectivity index (χ0v) is 18.7. The van der Waals surface area contributed by atoms with Crippen LogP contribution in [0.4, 0.5) is 5.69 Å². The number of benzene rings is 2. The van der Waals surface area contributed by atoms with Crippen molar-refractivity contribution in [2.45, 2.75) is 39.5 Å². The van der Waals surface area contributed by atoms with Crippen molar-refractivity contribution in [2.24, 2.45) is 5.92 Å². The molecule has 31 heavy (non-hydrogen) atoms. The molecule has 1 atom stereocenters. The Balaban J connectivity index is 1.77. The minimum atomic E-state index is -0.263. The predicted octanol–water partition coefficient (Wildman–Crippen LogP) is 4.84. The van der Waals surface area contributed by atoms with Crippen LogP contribution in [0, 0.1) is 5.92 Å². The number of rotatable bonds is 5. The van der Waals surface area contributed by atoms with Crippen LogP contribution in [0.3, 0.4) is 0 Å². The lowest BCUT2D eigenvalue weighted by Gasteiger charge is -2.33. The van der Waals surface area contributed by atoms with Gasteiger partial charge in [-0.1, -0.05) is 45.0 Å². The molecule has 1 fully saturated rings. The van der Waals surface area contributed by atoms with E-state index in [1.807, 2.05) is 48.5 Å². The molecule has 0 N–H and O–H groups in total. The van der Waals surface area contributed by atoms with Crippen LogP contribution in [0.15, 0.2) is 54.2 Å². The van der Waals surface area contributed by atoms with Gasteiger partial charge in [0, 0.05) is 13.1 Å². The maximum atomic E-state index is 13.6. The summed E-state index contributed by atoms with van der Waals surface area (Å²) in [6.45, 7) is 8.02.